The van der Waals surface area contributed by atoms with Crippen molar-refractivity contribution in [3.8, 4) is 0 Å². The van der Waals surface area contributed by atoms with E-state index >= 15 is 0 Å². The number of carbonyl (C=O) groups is 3. The molecule has 0 aliphatic carbocycles. The maximum Gasteiger partial charge on any atom is 0.269 e. The van der Waals surface area contributed by atoms with Crippen LogP contribution in [0.5, 0.6) is 0 Å². The van der Waals surface area contributed by atoms with E-state index in [1.54, 1.807) is 22.8 Å². The second-order valence-corrected chi connectivity index (χ2v) is 9.09. The lowest BCUT2D eigenvalue weighted by Crippen LogP contribution is -2.44. The lowest BCUT2D eigenvalue weighted by atomic mass is 9.94. The zero-order valence-corrected chi connectivity index (χ0v) is 19.3. The first-order valence-corrected chi connectivity index (χ1v) is 11.4. The number of piperidine rings is 1. The minimum Gasteiger partial charge on any atom is -0.342 e. The Balaban J connectivity index is 1.31. The van der Waals surface area contributed by atoms with Gasteiger partial charge in [-0.15, -0.1) is 0 Å². The van der Waals surface area contributed by atoms with E-state index in [2.05, 4.69) is 5.32 Å². The molecule has 3 amide bonds. The zero-order chi connectivity index (χ0) is 24.4. The van der Waals surface area contributed by atoms with Crippen molar-refractivity contribution < 1.29 is 19.3 Å². The van der Waals surface area contributed by atoms with Gasteiger partial charge in [-0.1, -0.05) is 17.7 Å². The summed E-state index contributed by atoms with van der Waals surface area (Å²) in [4.78, 5) is 52.2. The number of hydrogen-bond acceptors (Lipinski definition) is 5. The number of anilines is 2. The molecule has 9 nitrogen and oxygen atoms in total. The minimum atomic E-state index is -0.469. The molecule has 0 spiro atoms. The Labute approximate surface area is 197 Å². The second kappa shape index (κ2) is 9.62. The third-order valence-corrected chi connectivity index (χ3v) is 6.68. The average Bonchev–Trinajstić information content (AvgIpc) is 3.21. The Morgan fingerprint density at radius 1 is 1.03 bits per heavy atom. The molecule has 1 N–H and O–H groups in total. The number of nitro groups is 1. The van der Waals surface area contributed by atoms with Crippen molar-refractivity contribution in [2.75, 3.05) is 29.9 Å². The SMILES string of the molecule is Cc1ccc(N2CC(C(=O)N3CCC(C(=O)Nc4ccc([N+](=O)[O-])cc4C)CC3)CC2=O)cc1. The third-order valence-electron chi connectivity index (χ3n) is 6.68. The van der Waals surface area contributed by atoms with Crippen molar-refractivity contribution in [1.82, 2.24) is 4.90 Å². The minimum absolute atomic E-state index is 0.0198. The quantitative estimate of drug-likeness (QED) is 0.538. The summed E-state index contributed by atoms with van der Waals surface area (Å²) >= 11 is 0. The van der Waals surface area contributed by atoms with Crippen LogP contribution in [0.4, 0.5) is 17.1 Å². The molecule has 178 valence electrons. The molecule has 34 heavy (non-hydrogen) atoms. The van der Waals surface area contributed by atoms with Gasteiger partial charge >= 0.3 is 0 Å². The van der Waals surface area contributed by atoms with Crippen LogP contribution in [0.3, 0.4) is 0 Å². The number of nitrogens with one attached hydrogen (secondary N) is 1. The number of benzene rings is 2. The Morgan fingerprint density at radius 2 is 1.71 bits per heavy atom. The van der Waals surface area contributed by atoms with Crippen molar-refractivity contribution in [1.29, 1.82) is 0 Å². The van der Waals surface area contributed by atoms with Gasteiger partial charge in [-0.05, 0) is 50.5 Å². The highest BCUT2D eigenvalue weighted by atomic mass is 16.6. The maximum atomic E-state index is 13.1. The molecule has 4 rings (SSSR count). The molecule has 0 radical (unpaired) electrons. The normalized spacial score (nSPS) is 18.8. The van der Waals surface area contributed by atoms with Gasteiger partial charge in [0.05, 0.1) is 10.8 Å². The molecule has 0 aromatic heterocycles. The number of hydrogen-bond donors (Lipinski definition) is 1. The smallest absolute Gasteiger partial charge is 0.269 e. The second-order valence-electron chi connectivity index (χ2n) is 9.09. The Hall–Kier alpha value is -3.75. The topological polar surface area (TPSA) is 113 Å². The van der Waals surface area contributed by atoms with E-state index in [4.69, 9.17) is 0 Å². The molecular formula is C25H28N4O5. The maximum absolute atomic E-state index is 13.1. The number of aryl methyl sites for hydroxylation is 2. The third kappa shape index (κ3) is 4.93. The van der Waals surface area contributed by atoms with Crippen molar-refractivity contribution in [3.05, 3.63) is 63.7 Å². The average molecular weight is 465 g/mol. The molecule has 2 aliphatic heterocycles. The summed E-state index contributed by atoms with van der Waals surface area (Å²) in [6.45, 7) is 5.00. The van der Waals surface area contributed by atoms with Crippen molar-refractivity contribution in [2.24, 2.45) is 11.8 Å². The highest BCUT2D eigenvalue weighted by molar-refractivity contribution is 6.00. The predicted molar refractivity (Wildman–Crippen MR) is 127 cm³/mol. The number of likely N-dealkylation sites (tertiary alicyclic amines) is 1. The number of nitrogens with zero attached hydrogens (tertiary/aromatic N) is 3. The van der Waals surface area contributed by atoms with Crippen LogP contribution in [0.2, 0.25) is 0 Å². The van der Waals surface area contributed by atoms with Crippen LogP contribution in [-0.2, 0) is 14.4 Å². The van der Waals surface area contributed by atoms with Gasteiger partial charge in [-0.2, -0.15) is 0 Å². The monoisotopic (exact) mass is 464 g/mol. The first-order valence-electron chi connectivity index (χ1n) is 11.4. The van der Waals surface area contributed by atoms with Crippen molar-refractivity contribution >= 4 is 34.8 Å². The van der Waals surface area contributed by atoms with Crippen LogP contribution in [0, 0.1) is 35.8 Å². The summed E-state index contributed by atoms with van der Waals surface area (Å²) in [6, 6.07) is 12.0. The van der Waals surface area contributed by atoms with Crippen LogP contribution >= 0.6 is 0 Å². The number of carbonyl (C=O) groups excluding carboxylic acids is 3. The molecule has 2 saturated heterocycles. The number of non-ortho nitro benzene ring substituents is 1. The zero-order valence-electron chi connectivity index (χ0n) is 19.3. The van der Waals surface area contributed by atoms with Gasteiger partial charge in [0.25, 0.3) is 5.69 Å². The van der Waals surface area contributed by atoms with Gasteiger partial charge in [0.15, 0.2) is 0 Å². The Morgan fingerprint density at radius 3 is 2.32 bits per heavy atom. The van der Waals surface area contributed by atoms with E-state index in [1.165, 1.54) is 12.1 Å². The highest BCUT2D eigenvalue weighted by Crippen LogP contribution is 2.29. The molecule has 2 fully saturated rings. The standard InChI is InChI=1S/C25H28N4O5/c1-16-3-5-20(6-4-16)28-15-19(14-23(28)30)25(32)27-11-9-18(10-12-27)24(31)26-22-8-7-21(29(33)34)13-17(22)2/h3-8,13,18-19H,9-12,14-15H2,1-2H3,(H,26,31). The van der Waals surface area contributed by atoms with Crippen LogP contribution < -0.4 is 10.2 Å². The Kier molecular flexibility index (Phi) is 6.63. The summed E-state index contributed by atoms with van der Waals surface area (Å²) in [5.74, 6) is -0.844. The van der Waals surface area contributed by atoms with E-state index in [-0.39, 0.29) is 41.7 Å². The summed E-state index contributed by atoms with van der Waals surface area (Å²) in [7, 11) is 0. The largest absolute Gasteiger partial charge is 0.342 e. The van der Waals surface area contributed by atoms with Crippen LogP contribution in [0.1, 0.15) is 30.4 Å². The highest BCUT2D eigenvalue weighted by Gasteiger charge is 2.38. The van der Waals surface area contributed by atoms with E-state index < -0.39 is 4.92 Å². The summed E-state index contributed by atoms with van der Waals surface area (Å²) in [5.41, 5.74) is 3.07. The van der Waals surface area contributed by atoms with E-state index in [0.29, 0.717) is 43.7 Å². The lowest BCUT2D eigenvalue weighted by Gasteiger charge is -2.33. The molecule has 2 heterocycles. The number of rotatable bonds is 5. The van der Waals surface area contributed by atoms with E-state index in [9.17, 15) is 24.5 Å². The van der Waals surface area contributed by atoms with Crippen molar-refractivity contribution in [3.63, 3.8) is 0 Å². The predicted octanol–water partition coefficient (Wildman–Crippen LogP) is 3.44. The molecule has 0 bridgehead atoms. The van der Waals surface area contributed by atoms with Crippen LogP contribution in [-0.4, -0.2) is 47.2 Å². The first-order chi connectivity index (χ1) is 16.2. The molecule has 2 aromatic rings. The summed E-state index contributed by atoms with van der Waals surface area (Å²) in [5, 5.41) is 13.8. The van der Waals surface area contributed by atoms with Gasteiger partial charge in [0.2, 0.25) is 17.7 Å². The lowest BCUT2D eigenvalue weighted by molar-refractivity contribution is -0.384. The first kappa shape index (κ1) is 23.4. The number of amides is 3. The van der Waals surface area contributed by atoms with Crippen LogP contribution in [0.15, 0.2) is 42.5 Å². The fourth-order valence-electron chi connectivity index (χ4n) is 4.60. The molecular weight excluding hydrogens is 436 g/mol. The Bertz CT molecular complexity index is 1120. The summed E-state index contributed by atoms with van der Waals surface area (Å²) in [6.07, 6.45) is 1.27. The molecule has 1 atom stereocenters. The van der Waals surface area contributed by atoms with Crippen molar-refractivity contribution in [2.45, 2.75) is 33.1 Å². The van der Waals surface area contributed by atoms with Gasteiger partial charge in [0, 0.05) is 55.5 Å². The van der Waals surface area contributed by atoms with Gasteiger partial charge in [-0.3, -0.25) is 24.5 Å². The number of nitro benzene ring substituents is 1. The van der Waals surface area contributed by atoms with Gasteiger partial charge in [-0.25, -0.2) is 0 Å². The van der Waals surface area contributed by atoms with E-state index in [0.717, 1.165) is 11.3 Å². The van der Waals surface area contributed by atoms with E-state index in [1.807, 2.05) is 31.2 Å². The summed E-state index contributed by atoms with van der Waals surface area (Å²) < 4.78 is 0. The van der Waals surface area contributed by atoms with Crippen LogP contribution in [0.25, 0.3) is 0 Å². The molecule has 9 heteroatoms. The molecule has 2 aromatic carbocycles. The molecule has 2 aliphatic rings. The molecule has 1 unspecified atom stereocenters. The fraction of sp³-hybridized carbons (Fsp3) is 0.400. The molecule has 0 saturated carbocycles. The van der Waals surface area contributed by atoms with Gasteiger partial charge < -0.3 is 15.1 Å². The fourth-order valence-corrected chi connectivity index (χ4v) is 4.60. The van der Waals surface area contributed by atoms with Gasteiger partial charge in [0.1, 0.15) is 0 Å².